The molecule has 0 spiro atoms. The number of para-hydroxylation sites is 1. The van der Waals surface area contributed by atoms with Gasteiger partial charge in [-0.3, -0.25) is 4.98 Å². The van der Waals surface area contributed by atoms with Gasteiger partial charge in [-0.15, -0.1) is 0 Å². The van der Waals surface area contributed by atoms with Crippen molar-refractivity contribution in [3.05, 3.63) is 83.3 Å². The van der Waals surface area contributed by atoms with E-state index >= 15 is 4.39 Å². The predicted molar refractivity (Wildman–Crippen MR) is 118 cm³/mol. The van der Waals surface area contributed by atoms with E-state index in [-0.39, 0.29) is 17.7 Å². The van der Waals surface area contributed by atoms with Crippen molar-refractivity contribution in [2.75, 3.05) is 0 Å². The second kappa shape index (κ2) is 8.11. The molecule has 34 heavy (non-hydrogen) atoms. The highest BCUT2D eigenvalue weighted by molar-refractivity contribution is 5.66. The summed E-state index contributed by atoms with van der Waals surface area (Å²) in [4.78, 5) is 8.67. The molecule has 1 aliphatic rings. The maximum absolute atomic E-state index is 15.0. The van der Waals surface area contributed by atoms with Gasteiger partial charge in [0.1, 0.15) is 22.8 Å². The fourth-order valence-corrected chi connectivity index (χ4v) is 4.51. The molecule has 1 aromatic carbocycles. The van der Waals surface area contributed by atoms with Gasteiger partial charge in [-0.05, 0) is 32.4 Å². The summed E-state index contributed by atoms with van der Waals surface area (Å²) in [6, 6.07) is 11.0. The number of nitrogens with zero attached hydrogens (tertiary/aromatic N) is 3. The second-order valence-corrected chi connectivity index (χ2v) is 8.86. The van der Waals surface area contributed by atoms with Gasteiger partial charge in [0.15, 0.2) is 0 Å². The smallest absolute Gasteiger partial charge is 0.387 e. The number of aliphatic hydroxyl groups excluding tert-OH is 1. The molecule has 176 valence electrons. The number of pyridine rings is 2. The van der Waals surface area contributed by atoms with Crippen LogP contribution < -0.4 is 4.74 Å². The van der Waals surface area contributed by atoms with Crippen molar-refractivity contribution in [3.63, 3.8) is 0 Å². The Kier molecular flexibility index (Phi) is 5.33. The Morgan fingerprint density at radius 3 is 2.62 bits per heavy atom. The summed E-state index contributed by atoms with van der Waals surface area (Å²) in [6.07, 6.45) is 2.35. The van der Waals surface area contributed by atoms with Crippen molar-refractivity contribution in [3.8, 4) is 16.9 Å². The highest BCUT2D eigenvalue weighted by atomic mass is 19.3. The Balaban J connectivity index is 1.64. The van der Waals surface area contributed by atoms with Crippen molar-refractivity contribution in [2.24, 2.45) is 0 Å². The number of halogens is 3. The highest BCUT2D eigenvalue weighted by Crippen LogP contribution is 2.47. The molecular formula is C25H22F3N3O3. The minimum Gasteiger partial charge on any atom is -0.435 e. The summed E-state index contributed by atoms with van der Waals surface area (Å²) in [6.45, 7) is 0.226. The number of hydrogen-bond acceptors (Lipinski definition) is 5. The molecule has 0 saturated heterocycles. The van der Waals surface area contributed by atoms with Crippen LogP contribution in [0.3, 0.4) is 0 Å². The van der Waals surface area contributed by atoms with E-state index in [0.29, 0.717) is 33.9 Å². The van der Waals surface area contributed by atoms with E-state index in [1.165, 1.54) is 18.3 Å². The van der Waals surface area contributed by atoms with Crippen LogP contribution in [0.1, 0.15) is 54.9 Å². The zero-order valence-electron chi connectivity index (χ0n) is 18.4. The van der Waals surface area contributed by atoms with Crippen molar-refractivity contribution in [1.29, 1.82) is 0 Å². The lowest BCUT2D eigenvalue weighted by Crippen LogP contribution is -2.17. The average Bonchev–Trinajstić information content (AvgIpc) is 3.29. The third-order valence-corrected chi connectivity index (χ3v) is 6.09. The van der Waals surface area contributed by atoms with E-state index in [9.17, 15) is 19.0 Å². The number of fused-ring (bicyclic) bond motifs is 3. The summed E-state index contributed by atoms with van der Waals surface area (Å²) in [7, 11) is 0. The van der Waals surface area contributed by atoms with Crippen LogP contribution in [-0.2, 0) is 5.60 Å². The molecule has 2 atom stereocenters. The molecule has 0 bridgehead atoms. The van der Waals surface area contributed by atoms with Crippen molar-refractivity contribution in [2.45, 2.75) is 44.5 Å². The van der Waals surface area contributed by atoms with Gasteiger partial charge in [0, 0.05) is 41.1 Å². The maximum atomic E-state index is 15.0. The predicted octanol–water partition coefficient (Wildman–Crippen LogP) is 4.93. The Hall–Kier alpha value is -3.43. The maximum Gasteiger partial charge on any atom is 0.387 e. The monoisotopic (exact) mass is 469 g/mol. The molecule has 0 amide bonds. The van der Waals surface area contributed by atoms with Crippen LogP contribution >= 0.6 is 0 Å². The number of alkyl halides is 2. The van der Waals surface area contributed by atoms with Crippen LogP contribution in [0.15, 0.2) is 54.9 Å². The number of aromatic nitrogens is 3. The molecule has 2 N–H and O–H groups in total. The Labute approximate surface area is 193 Å². The molecular weight excluding hydrogens is 447 g/mol. The molecule has 0 saturated carbocycles. The van der Waals surface area contributed by atoms with Crippen LogP contribution in [0.25, 0.3) is 16.8 Å². The number of imidazole rings is 1. The van der Waals surface area contributed by atoms with E-state index in [4.69, 9.17) is 4.74 Å². The lowest BCUT2D eigenvalue weighted by Gasteiger charge is -2.18. The van der Waals surface area contributed by atoms with Gasteiger partial charge < -0.3 is 19.4 Å². The van der Waals surface area contributed by atoms with Crippen molar-refractivity contribution in [1.82, 2.24) is 14.4 Å². The molecule has 6 nitrogen and oxygen atoms in total. The first-order valence-corrected chi connectivity index (χ1v) is 10.8. The van der Waals surface area contributed by atoms with E-state index in [1.54, 1.807) is 54.8 Å². The van der Waals surface area contributed by atoms with Crippen LogP contribution in [-0.4, -0.2) is 31.2 Å². The minimum atomic E-state index is -2.99. The lowest BCUT2D eigenvalue weighted by atomic mass is 9.95. The van der Waals surface area contributed by atoms with E-state index in [2.05, 4.69) is 9.97 Å². The van der Waals surface area contributed by atoms with Crippen molar-refractivity contribution < 1.29 is 28.1 Å². The molecule has 0 fully saturated rings. The van der Waals surface area contributed by atoms with Gasteiger partial charge >= 0.3 is 6.61 Å². The summed E-state index contributed by atoms with van der Waals surface area (Å²) >= 11 is 0. The van der Waals surface area contributed by atoms with Gasteiger partial charge in [0.25, 0.3) is 0 Å². The first-order chi connectivity index (χ1) is 16.1. The number of hydrogen-bond donors (Lipinski definition) is 2. The highest BCUT2D eigenvalue weighted by Gasteiger charge is 2.37. The molecule has 2 unspecified atom stereocenters. The number of ether oxygens (including phenoxy) is 1. The number of aliphatic hydroxyl groups is 2. The zero-order valence-corrected chi connectivity index (χ0v) is 18.4. The Bertz CT molecular complexity index is 1360. The van der Waals surface area contributed by atoms with Crippen LogP contribution in [0.5, 0.6) is 5.75 Å². The standard InChI is InChI=1S/C25H22F3N3O3/c1-25(2,33)20-8-7-13(11-29-20)16-12-31-21(10-17(16)26)30-22-18(32)9-15(23(22)31)14-5-3-4-6-19(14)34-24(27)28/h3-8,10-12,15,18,24,32-33H,9H2,1-2H3. The third kappa shape index (κ3) is 3.80. The Morgan fingerprint density at radius 2 is 1.94 bits per heavy atom. The zero-order chi connectivity index (χ0) is 24.2. The summed E-state index contributed by atoms with van der Waals surface area (Å²) in [5.74, 6) is -0.989. The number of rotatable bonds is 5. The third-order valence-electron chi connectivity index (χ3n) is 6.09. The minimum absolute atomic E-state index is 0.0197. The lowest BCUT2D eigenvalue weighted by molar-refractivity contribution is -0.0506. The molecule has 9 heteroatoms. The molecule has 4 aromatic rings. The summed E-state index contributed by atoms with van der Waals surface area (Å²) in [5.41, 5.74) is 1.81. The molecule has 1 aliphatic carbocycles. The van der Waals surface area contributed by atoms with Crippen LogP contribution in [0.2, 0.25) is 0 Å². The second-order valence-electron chi connectivity index (χ2n) is 8.86. The fourth-order valence-electron chi connectivity index (χ4n) is 4.51. The van der Waals surface area contributed by atoms with Gasteiger partial charge in [-0.25, -0.2) is 9.37 Å². The summed E-state index contributed by atoms with van der Waals surface area (Å²) < 4.78 is 47.4. The molecule has 5 rings (SSSR count). The number of benzene rings is 1. The van der Waals surface area contributed by atoms with Gasteiger partial charge in [0.05, 0.1) is 23.2 Å². The molecule has 0 radical (unpaired) electrons. The average molecular weight is 469 g/mol. The van der Waals surface area contributed by atoms with Crippen LogP contribution in [0.4, 0.5) is 13.2 Å². The van der Waals surface area contributed by atoms with Crippen molar-refractivity contribution >= 4 is 5.65 Å². The molecule has 3 heterocycles. The van der Waals surface area contributed by atoms with E-state index in [1.807, 2.05) is 0 Å². The largest absolute Gasteiger partial charge is 0.435 e. The van der Waals surface area contributed by atoms with Crippen LogP contribution in [0, 0.1) is 5.82 Å². The topological polar surface area (TPSA) is 79.9 Å². The van der Waals surface area contributed by atoms with Gasteiger partial charge in [0.2, 0.25) is 0 Å². The fraction of sp³-hybridized carbons (Fsp3) is 0.280. The molecule has 3 aromatic heterocycles. The van der Waals surface area contributed by atoms with E-state index in [0.717, 1.165) is 0 Å². The quantitative estimate of drug-likeness (QED) is 0.433. The Morgan fingerprint density at radius 1 is 1.18 bits per heavy atom. The first kappa shape index (κ1) is 22.4. The van der Waals surface area contributed by atoms with Gasteiger partial charge in [-0.1, -0.05) is 24.3 Å². The summed E-state index contributed by atoms with van der Waals surface area (Å²) in [5, 5.41) is 20.8. The molecule has 0 aliphatic heterocycles. The van der Waals surface area contributed by atoms with Gasteiger partial charge in [-0.2, -0.15) is 8.78 Å². The SMILES string of the molecule is CC(C)(O)c1ccc(-c2cn3c4c(nc3cc2F)C(O)CC4c2ccccc2OC(F)F)cn1. The van der Waals surface area contributed by atoms with E-state index < -0.39 is 30.1 Å². The normalized spacial score (nSPS) is 18.0. The first-order valence-electron chi connectivity index (χ1n) is 10.8.